The Morgan fingerprint density at radius 1 is 1.08 bits per heavy atom. The zero-order valence-corrected chi connectivity index (χ0v) is 14.1. The average Bonchev–Trinajstić information content (AvgIpc) is 3.32. The van der Waals surface area contributed by atoms with Crippen LogP contribution in [-0.2, 0) is 0 Å². The molecule has 0 saturated carbocycles. The van der Waals surface area contributed by atoms with Gasteiger partial charge in [-0.2, -0.15) is 4.98 Å². The van der Waals surface area contributed by atoms with Crippen LogP contribution < -0.4 is 5.32 Å². The van der Waals surface area contributed by atoms with Crippen molar-refractivity contribution < 1.29 is 9.21 Å². The third-order valence-electron chi connectivity index (χ3n) is 3.59. The van der Waals surface area contributed by atoms with Gasteiger partial charge in [0.15, 0.2) is 0 Å². The number of pyridine rings is 1. The zero-order chi connectivity index (χ0) is 17.9. The Labute approximate surface area is 153 Å². The van der Waals surface area contributed by atoms with Crippen LogP contribution in [0.3, 0.4) is 0 Å². The van der Waals surface area contributed by atoms with Gasteiger partial charge in [0.05, 0.1) is 10.7 Å². The maximum atomic E-state index is 12.5. The third kappa shape index (κ3) is 3.20. The smallest absolute Gasteiger partial charge is 0.302 e. The summed E-state index contributed by atoms with van der Waals surface area (Å²) in [5.74, 6) is -0.211. The average molecular weight is 366 g/mol. The molecule has 4 rings (SSSR count). The minimum absolute atomic E-state index is 0.0596. The monoisotopic (exact) mass is 365 g/mol. The first-order chi connectivity index (χ1) is 12.7. The lowest BCUT2D eigenvalue weighted by Gasteiger charge is -2.06. The summed E-state index contributed by atoms with van der Waals surface area (Å²) in [6, 6.07) is 12.9. The Morgan fingerprint density at radius 3 is 2.69 bits per heavy atom. The van der Waals surface area contributed by atoms with E-state index >= 15 is 0 Å². The summed E-state index contributed by atoms with van der Waals surface area (Å²) in [7, 11) is 0. The summed E-state index contributed by atoms with van der Waals surface area (Å²) in [6.07, 6.45) is 6.19. The second-order valence-electron chi connectivity index (χ2n) is 5.31. The van der Waals surface area contributed by atoms with Crippen molar-refractivity contribution in [3.05, 3.63) is 78.2 Å². The minimum Gasteiger partial charge on any atom is -0.431 e. The molecule has 0 aliphatic heterocycles. The number of hydrogen-bond acceptors (Lipinski definition) is 5. The number of hydrogen-bond donors (Lipinski definition) is 1. The number of rotatable bonds is 4. The minimum atomic E-state index is -0.434. The van der Waals surface area contributed by atoms with Crippen LogP contribution in [0, 0.1) is 0 Å². The molecule has 3 heterocycles. The van der Waals surface area contributed by atoms with Gasteiger partial charge in [0.2, 0.25) is 5.82 Å². The van der Waals surface area contributed by atoms with E-state index in [0.29, 0.717) is 16.4 Å². The second-order valence-corrected chi connectivity index (χ2v) is 5.75. The SMILES string of the molecule is O=C(Nc1nc(-c2ccc(Cl)cn2)co1)c1nccn1-c1ccccc1. The molecule has 1 N–H and O–H groups in total. The summed E-state index contributed by atoms with van der Waals surface area (Å²) < 4.78 is 6.99. The zero-order valence-electron chi connectivity index (χ0n) is 13.3. The van der Waals surface area contributed by atoms with Crippen molar-refractivity contribution in [1.29, 1.82) is 0 Å². The fourth-order valence-electron chi connectivity index (χ4n) is 2.40. The highest BCUT2D eigenvalue weighted by Gasteiger charge is 2.17. The van der Waals surface area contributed by atoms with Crippen LogP contribution in [0.4, 0.5) is 6.01 Å². The Morgan fingerprint density at radius 2 is 1.92 bits per heavy atom. The number of para-hydroxylation sites is 1. The Kier molecular flexibility index (Phi) is 4.20. The van der Waals surface area contributed by atoms with Gasteiger partial charge in [0.25, 0.3) is 5.91 Å². The lowest BCUT2D eigenvalue weighted by molar-refractivity contribution is 0.101. The van der Waals surface area contributed by atoms with Gasteiger partial charge in [0, 0.05) is 24.3 Å². The first-order valence-electron chi connectivity index (χ1n) is 7.68. The molecule has 0 aliphatic carbocycles. The van der Waals surface area contributed by atoms with E-state index in [1.165, 1.54) is 12.5 Å². The Hall–Kier alpha value is -3.45. The maximum Gasteiger partial charge on any atom is 0.302 e. The molecule has 0 spiro atoms. The highest BCUT2D eigenvalue weighted by molar-refractivity contribution is 6.30. The predicted molar refractivity (Wildman–Crippen MR) is 96.3 cm³/mol. The normalized spacial score (nSPS) is 10.7. The van der Waals surface area contributed by atoms with Gasteiger partial charge in [-0.25, -0.2) is 4.98 Å². The Balaban J connectivity index is 1.55. The fourth-order valence-corrected chi connectivity index (χ4v) is 2.51. The number of nitrogens with one attached hydrogen (secondary N) is 1. The molecule has 8 heteroatoms. The van der Waals surface area contributed by atoms with Gasteiger partial charge in [-0.1, -0.05) is 29.8 Å². The molecular weight excluding hydrogens is 354 g/mol. The van der Waals surface area contributed by atoms with Crippen LogP contribution in [0.5, 0.6) is 0 Å². The summed E-state index contributed by atoms with van der Waals surface area (Å²) in [4.78, 5) is 25.0. The lowest BCUT2D eigenvalue weighted by atomic mass is 10.3. The van der Waals surface area contributed by atoms with E-state index in [9.17, 15) is 4.79 Å². The number of nitrogens with zero attached hydrogens (tertiary/aromatic N) is 4. The first-order valence-corrected chi connectivity index (χ1v) is 8.06. The van der Waals surface area contributed by atoms with Gasteiger partial charge < -0.3 is 4.42 Å². The number of amides is 1. The highest BCUT2D eigenvalue weighted by Crippen LogP contribution is 2.20. The number of benzene rings is 1. The fraction of sp³-hybridized carbons (Fsp3) is 0. The van der Waals surface area contributed by atoms with E-state index in [4.69, 9.17) is 16.0 Å². The van der Waals surface area contributed by atoms with Crippen LogP contribution in [-0.4, -0.2) is 25.4 Å². The number of imidazole rings is 1. The largest absolute Gasteiger partial charge is 0.431 e. The quantitative estimate of drug-likeness (QED) is 0.594. The van der Waals surface area contributed by atoms with Crippen molar-refractivity contribution in [3.63, 3.8) is 0 Å². The molecule has 3 aromatic heterocycles. The highest BCUT2D eigenvalue weighted by atomic mass is 35.5. The van der Waals surface area contributed by atoms with Crippen LogP contribution in [0.1, 0.15) is 10.6 Å². The summed E-state index contributed by atoms with van der Waals surface area (Å²) in [5, 5.41) is 3.13. The molecule has 128 valence electrons. The van der Waals surface area contributed by atoms with E-state index in [1.54, 1.807) is 29.1 Å². The molecule has 0 bridgehead atoms. The van der Waals surface area contributed by atoms with Crippen LogP contribution >= 0.6 is 11.6 Å². The van der Waals surface area contributed by atoms with Crippen molar-refractivity contribution in [2.24, 2.45) is 0 Å². The van der Waals surface area contributed by atoms with E-state index in [2.05, 4.69) is 20.3 Å². The molecular formula is C18H12ClN5O2. The molecule has 0 radical (unpaired) electrons. The second kappa shape index (κ2) is 6.81. The molecule has 0 fully saturated rings. The van der Waals surface area contributed by atoms with Crippen molar-refractivity contribution in [1.82, 2.24) is 19.5 Å². The molecule has 0 aliphatic rings. The standard InChI is InChI=1S/C18H12ClN5O2/c19-12-6-7-14(21-10-12)15-11-26-18(22-15)23-17(25)16-20-8-9-24(16)13-4-2-1-3-5-13/h1-11H,(H,22,23,25). The van der Waals surface area contributed by atoms with E-state index in [-0.39, 0.29) is 11.8 Å². The molecule has 0 unspecified atom stereocenters. The Bertz CT molecular complexity index is 1040. The van der Waals surface area contributed by atoms with Gasteiger partial charge in [-0.15, -0.1) is 0 Å². The number of carbonyl (C=O) groups excluding carboxylic acids is 1. The summed E-state index contributed by atoms with van der Waals surface area (Å²) in [5.41, 5.74) is 1.90. The number of halogens is 1. The summed E-state index contributed by atoms with van der Waals surface area (Å²) >= 11 is 5.82. The summed E-state index contributed by atoms with van der Waals surface area (Å²) in [6.45, 7) is 0. The molecule has 0 atom stereocenters. The number of aromatic nitrogens is 4. The van der Waals surface area contributed by atoms with Crippen molar-refractivity contribution in [3.8, 4) is 17.1 Å². The van der Waals surface area contributed by atoms with Gasteiger partial charge >= 0.3 is 6.01 Å². The topological polar surface area (TPSA) is 85.8 Å². The molecule has 4 aromatic rings. The first kappa shape index (κ1) is 16.0. The van der Waals surface area contributed by atoms with E-state index < -0.39 is 5.91 Å². The van der Waals surface area contributed by atoms with Crippen molar-refractivity contribution in [2.75, 3.05) is 5.32 Å². The van der Waals surface area contributed by atoms with Gasteiger partial charge in [-0.05, 0) is 24.3 Å². The number of oxazole rings is 1. The van der Waals surface area contributed by atoms with E-state index in [1.807, 2.05) is 30.3 Å². The van der Waals surface area contributed by atoms with Crippen molar-refractivity contribution in [2.45, 2.75) is 0 Å². The number of carbonyl (C=O) groups is 1. The van der Waals surface area contributed by atoms with Crippen molar-refractivity contribution >= 4 is 23.5 Å². The molecule has 26 heavy (non-hydrogen) atoms. The van der Waals surface area contributed by atoms with E-state index in [0.717, 1.165) is 5.69 Å². The molecule has 0 saturated heterocycles. The van der Waals surface area contributed by atoms with Gasteiger partial charge in [-0.3, -0.25) is 19.7 Å². The third-order valence-corrected chi connectivity index (χ3v) is 3.82. The van der Waals surface area contributed by atoms with Crippen LogP contribution in [0.2, 0.25) is 5.02 Å². The predicted octanol–water partition coefficient (Wildman–Crippen LogP) is 3.83. The maximum absolute atomic E-state index is 12.5. The molecule has 7 nitrogen and oxygen atoms in total. The lowest BCUT2D eigenvalue weighted by Crippen LogP contribution is -2.17. The van der Waals surface area contributed by atoms with Crippen LogP contribution in [0.15, 0.2) is 71.7 Å². The number of anilines is 1. The molecule has 1 amide bonds. The van der Waals surface area contributed by atoms with Gasteiger partial charge in [0.1, 0.15) is 12.0 Å². The van der Waals surface area contributed by atoms with Crippen LogP contribution in [0.25, 0.3) is 17.1 Å². The molecule has 1 aromatic carbocycles.